The normalized spacial score (nSPS) is 10.7. The van der Waals surface area contributed by atoms with E-state index >= 15 is 0 Å². The lowest BCUT2D eigenvalue weighted by molar-refractivity contribution is 0.155. The van der Waals surface area contributed by atoms with Crippen molar-refractivity contribution in [1.82, 2.24) is 19.6 Å². The Hall–Kier alpha value is -3.26. The standard InChI is InChI=1S/C17H13N5O2S/c23-17(24-11-12-5-2-1-3-6-12)20-15-19-16-18-9-8-13(22(16)21-15)14-7-4-10-25-14/h1-10H,11H2,(H,20,21,23). The largest absolute Gasteiger partial charge is 0.444 e. The van der Waals surface area contributed by atoms with Crippen LogP contribution in [0.5, 0.6) is 0 Å². The Morgan fingerprint density at radius 1 is 1.16 bits per heavy atom. The van der Waals surface area contributed by atoms with Crippen molar-refractivity contribution in [2.24, 2.45) is 0 Å². The van der Waals surface area contributed by atoms with Gasteiger partial charge in [-0.25, -0.2) is 9.78 Å². The fourth-order valence-electron chi connectivity index (χ4n) is 2.31. The van der Waals surface area contributed by atoms with E-state index < -0.39 is 6.09 Å². The van der Waals surface area contributed by atoms with Crippen molar-refractivity contribution >= 4 is 29.2 Å². The third-order valence-corrected chi connectivity index (χ3v) is 4.33. The second-order valence-corrected chi connectivity index (χ2v) is 6.09. The number of hydrogen-bond donors (Lipinski definition) is 1. The lowest BCUT2D eigenvalue weighted by atomic mass is 10.2. The van der Waals surface area contributed by atoms with Crippen LogP contribution in [0.4, 0.5) is 10.7 Å². The number of carbonyl (C=O) groups is 1. The molecule has 0 bridgehead atoms. The second kappa shape index (κ2) is 6.70. The van der Waals surface area contributed by atoms with E-state index in [1.54, 1.807) is 22.0 Å². The van der Waals surface area contributed by atoms with Crippen molar-refractivity contribution in [3.63, 3.8) is 0 Å². The summed E-state index contributed by atoms with van der Waals surface area (Å²) >= 11 is 1.59. The Bertz CT molecular complexity index is 999. The highest BCUT2D eigenvalue weighted by atomic mass is 32.1. The molecule has 0 atom stereocenters. The molecule has 0 saturated heterocycles. The van der Waals surface area contributed by atoms with Crippen LogP contribution in [0.2, 0.25) is 0 Å². The Morgan fingerprint density at radius 3 is 2.84 bits per heavy atom. The Kier molecular flexibility index (Phi) is 4.09. The fraction of sp³-hybridized carbons (Fsp3) is 0.0588. The maximum absolute atomic E-state index is 11.9. The van der Waals surface area contributed by atoms with Gasteiger partial charge in [-0.3, -0.25) is 5.32 Å². The molecular weight excluding hydrogens is 338 g/mol. The van der Waals surface area contributed by atoms with Crippen molar-refractivity contribution in [3.8, 4) is 10.6 Å². The highest BCUT2D eigenvalue weighted by molar-refractivity contribution is 7.13. The monoisotopic (exact) mass is 351 g/mol. The van der Waals surface area contributed by atoms with Gasteiger partial charge in [0.05, 0.1) is 10.6 Å². The van der Waals surface area contributed by atoms with Crippen LogP contribution in [0, 0.1) is 0 Å². The zero-order valence-electron chi connectivity index (χ0n) is 13.0. The molecule has 7 nitrogen and oxygen atoms in total. The number of thiophene rings is 1. The van der Waals surface area contributed by atoms with Gasteiger partial charge in [-0.1, -0.05) is 36.4 Å². The maximum Gasteiger partial charge on any atom is 0.414 e. The lowest BCUT2D eigenvalue weighted by Crippen LogP contribution is -2.14. The number of amides is 1. The summed E-state index contributed by atoms with van der Waals surface area (Å²) in [6, 6.07) is 15.2. The molecule has 0 aliphatic heterocycles. The summed E-state index contributed by atoms with van der Waals surface area (Å²) in [6.07, 6.45) is 1.05. The number of carbonyl (C=O) groups excluding carboxylic acids is 1. The van der Waals surface area contributed by atoms with Crippen molar-refractivity contribution in [2.45, 2.75) is 6.61 Å². The molecule has 3 aromatic heterocycles. The Labute approximate surface area is 146 Å². The third kappa shape index (κ3) is 3.33. The van der Waals surface area contributed by atoms with Crippen LogP contribution in [-0.2, 0) is 11.3 Å². The van der Waals surface area contributed by atoms with Crippen LogP contribution < -0.4 is 5.32 Å². The van der Waals surface area contributed by atoms with Gasteiger partial charge in [0.1, 0.15) is 6.61 Å². The molecule has 4 rings (SSSR count). The molecular formula is C17H13N5O2S. The summed E-state index contributed by atoms with van der Waals surface area (Å²) in [4.78, 5) is 21.4. The van der Waals surface area contributed by atoms with Crippen molar-refractivity contribution in [3.05, 3.63) is 65.7 Å². The summed E-state index contributed by atoms with van der Waals surface area (Å²) in [7, 11) is 0. The quantitative estimate of drug-likeness (QED) is 0.607. The number of anilines is 1. The first-order valence-electron chi connectivity index (χ1n) is 7.53. The first-order chi connectivity index (χ1) is 12.3. The van der Waals surface area contributed by atoms with E-state index in [1.807, 2.05) is 53.9 Å². The number of nitrogens with zero attached hydrogens (tertiary/aromatic N) is 4. The minimum absolute atomic E-state index is 0.148. The van der Waals surface area contributed by atoms with Gasteiger partial charge in [0.15, 0.2) is 0 Å². The summed E-state index contributed by atoms with van der Waals surface area (Å²) < 4.78 is 6.77. The maximum atomic E-state index is 11.9. The van der Waals surface area contributed by atoms with Gasteiger partial charge >= 0.3 is 6.09 Å². The molecule has 124 valence electrons. The SMILES string of the molecule is O=C(Nc1nc2nccc(-c3cccs3)n2n1)OCc1ccccc1. The zero-order chi connectivity index (χ0) is 17.1. The predicted molar refractivity (Wildman–Crippen MR) is 94.3 cm³/mol. The van der Waals surface area contributed by atoms with Crippen LogP contribution in [0.15, 0.2) is 60.1 Å². The molecule has 0 radical (unpaired) electrons. The number of benzene rings is 1. The Morgan fingerprint density at radius 2 is 2.04 bits per heavy atom. The van der Waals surface area contributed by atoms with Crippen LogP contribution in [0.1, 0.15) is 5.56 Å². The average molecular weight is 351 g/mol. The van der Waals surface area contributed by atoms with Gasteiger partial charge in [0.25, 0.3) is 11.7 Å². The van der Waals surface area contributed by atoms with Crippen molar-refractivity contribution in [2.75, 3.05) is 5.32 Å². The molecule has 4 aromatic rings. The van der Waals surface area contributed by atoms with E-state index in [9.17, 15) is 4.79 Å². The van der Waals surface area contributed by atoms with E-state index in [4.69, 9.17) is 4.74 Å². The zero-order valence-corrected chi connectivity index (χ0v) is 13.8. The van der Waals surface area contributed by atoms with E-state index in [-0.39, 0.29) is 12.6 Å². The Balaban J connectivity index is 1.50. The van der Waals surface area contributed by atoms with Crippen LogP contribution in [-0.4, -0.2) is 25.7 Å². The molecule has 1 aromatic carbocycles. The van der Waals surface area contributed by atoms with Gasteiger partial charge in [-0.05, 0) is 23.1 Å². The highest BCUT2D eigenvalue weighted by Gasteiger charge is 2.13. The number of ether oxygens (including phenoxy) is 1. The molecule has 25 heavy (non-hydrogen) atoms. The summed E-state index contributed by atoms with van der Waals surface area (Å²) in [6.45, 7) is 0.179. The fourth-order valence-corrected chi connectivity index (χ4v) is 3.04. The number of aromatic nitrogens is 4. The number of fused-ring (bicyclic) bond motifs is 1. The smallest absolute Gasteiger partial charge is 0.414 e. The summed E-state index contributed by atoms with van der Waals surface area (Å²) in [5.74, 6) is 0.554. The molecule has 0 aliphatic carbocycles. The van der Waals surface area contributed by atoms with Gasteiger partial charge < -0.3 is 4.74 Å². The molecule has 3 heterocycles. The van der Waals surface area contributed by atoms with E-state index in [0.717, 1.165) is 16.1 Å². The molecule has 0 unspecified atom stereocenters. The molecule has 1 N–H and O–H groups in total. The van der Waals surface area contributed by atoms with Gasteiger partial charge in [-0.2, -0.15) is 9.50 Å². The van der Waals surface area contributed by atoms with Crippen LogP contribution >= 0.6 is 11.3 Å². The molecule has 1 amide bonds. The second-order valence-electron chi connectivity index (χ2n) is 5.14. The first kappa shape index (κ1) is 15.3. The van der Waals surface area contributed by atoms with E-state index in [1.165, 1.54) is 0 Å². The van der Waals surface area contributed by atoms with Gasteiger partial charge in [0.2, 0.25) is 0 Å². The highest BCUT2D eigenvalue weighted by Crippen LogP contribution is 2.24. The lowest BCUT2D eigenvalue weighted by Gasteiger charge is -2.04. The first-order valence-corrected chi connectivity index (χ1v) is 8.41. The molecule has 8 heteroatoms. The average Bonchev–Trinajstić information content (AvgIpc) is 3.29. The van der Waals surface area contributed by atoms with Crippen LogP contribution in [0.3, 0.4) is 0 Å². The minimum Gasteiger partial charge on any atom is -0.444 e. The topological polar surface area (TPSA) is 81.4 Å². The number of rotatable bonds is 4. The summed E-state index contributed by atoms with van der Waals surface area (Å²) in [5, 5.41) is 8.82. The molecule has 0 saturated carbocycles. The number of nitrogens with one attached hydrogen (secondary N) is 1. The number of hydrogen-bond acceptors (Lipinski definition) is 6. The van der Waals surface area contributed by atoms with E-state index in [0.29, 0.717) is 5.78 Å². The molecule has 0 spiro atoms. The van der Waals surface area contributed by atoms with E-state index in [2.05, 4.69) is 20.4 Å². The third-order valence-electron chi connectivity index (χ3n) is 3.44. The summed E-state index contributed by atoms with van der Waals surface area (Å²) in [5.41, 5.74) is 1.76. The predicted octanol–water partition coefficient (Wildman–Crippen LogP) is 3.60. The molecule has 0 aliphatic rings. The van der Waals surface area contributed by atoms with Crippen molar-refractivity contribution in [1.29, 1.82) is 0 Å². The van der Waals surface area contributed by atoms with Gasteiger partial charge in [0, 0.05) is 6.20 Å². The van der Waals surface area contributed by atoms with Crippen LogP contribution in [0.25, 0.3) is 16.3 Å². The van der Waals surface area contributed by atoms with Crippen molar-refractivity contribution < 1.29 is 9.53 Å². The minimum atomic E-state index is -0.613. The molecule has 0 fully saturated rings. The van der Waals surface area contributed by atoms with Gasteiger partial charge in [-0.15, -0.1) is 16.4 Å².